The lowest BCUT2D eigenvalue weighted by molar-refractivity contribution is -0.137. The number of amides is 1. The zero-order chi connectivity index (χ0) is 15.9. The van der Waals surface area contributed by atoms with Crippen LogP contribution in [0.3, 0.4) is 0 Å². The van der Waals surface area contributed by atoms with E-state index in [-0.39, 0.29) is 18.5 Å². The monoisotopic (exact) mass is 298 g/mol. The Balaban J connectivity index is 2.01. The van der Waals surface area contributed by atoms with Crippen LogP contribution in [-0.4, -0.2) is 39.5 Å². The molecule has 3 rings (SSSR count). The van der Waals surface area contributed by atoms with Crippen molar-refractivity contribution in [3.8, 4) is 0 Å². The molecule has 0 unspecified atom stereocenters. The van der Waals surface area contributed by atoms with E-state index < -0.39 is 5.97 Å². The summed E-state index contributed by atoms with van der Waals surface area (Å²) in [6.45, 7) is 3.52. The summed E-state index contributed by atoms with van der Waals surface area (Å²) < 4.78 is 0. The number of carbonyl (C=O) groups excluding carboxylic acids is 1. The number of rotatable bonds is 4. The lowest BCUT2D eigenvalue weighted by Crippen LogP contribution is -2.37. The van der Waals surface area contributed by atoms with Crippen LogP contribution in [0.4, 0.5) is 0 Å². The summed E-state index contributed by atoms with van der Waals surface area (Å²) in [6, 6.07) is 7.77. The van der Waals surface area contributed by atoms with Crippen LogP contribution < -0.4 is 0 Å². The molecular formula is C17H18N2O3. The summed E-state index contributed by atoms with van der Waals surface area (Å²) in [5.41, 5.74) is 3.07. The number of nitrogens with zero attached hydrogens (tertiary/aromatic N) is 2. The Hall–Kier alpha value is -2.43. The molecule has 5 nitrogen and oxygen atoms in total. The van der Waals surface area contributed by atoms with Gasteiger partial charge in [-0.25, -0.2) is 0 Å². The summed E-state index contributed by atoms with van der Waals surface area (Å²) in [5, 5.41) is 9.93. The van der Waals surface area contributed by atoms with E-state index in [0.29, 0.717) is 11.3 Å². The maximum Gasteiger partial charge on any atom is 0.323 e. The molecule has 0 spiro atoms. The van der Waals surface area contributed by atoms with E-state index in [4.69, 9.17) is 5.11 Å². The van der Waals surface area contributed by atoms with E-state index >= 15 is 0 Å². The van der Waals surface area contributed by atoms with E-state index in [2.05, 4.69) is 4.98 Å². The first kappa shape index (κ1) is 14.5. The third-order valence-corrected chi connectivity index (χ3v) is 3.95. The molecule has 1 saturated carbocycles. The van der Waals surface area contributed by atoms with Crippen LogP contribution in [-0.2, 0) is 4.79 Å². The summed E-state index contributed by atoms with van der Waals surface area (Å²) in [5.74, 6) is -1.22. The first-order valence-electron chi connectivity index (χ1n) is 7.36. The number of hydrogen-bond acceptors (Lipinski definition) is 3. The van der Waals surface area contributed by atoms with Gasteiger partial charge in [-0.2, -0.15) is 0 Å². The molecule has 2 aromatic rings. The Morgan fingerprint density at radius 3 is 2.64 bits per heavy atom. The van der Waals surface area contributed by atoms with Crippen molar-refractivity contribution in [2.75, 3.05) is 6.54 Å². The molecule has 1 aromatic carbocycles. The number of carboxylic acid groups (broad SMARTS) is 1. The van der Waals surface area contributed by atoms with Gasteiger partial charge in [-0.15, -0.1) is 0 Å². The molecule has 1 amide bonds. The molecule has 0 radical (unpaired) electrons. The molecule has 22 heavy (non-hydrogen) atoms. The average molecular weight is 298 g/mol. The number of fused-ring (bicyclic) bond motifs is 1. The molecule has 1 N–H and O–H groups in total. The zero-order valence-electron chi connectivity index (χ0n) is 12.7. The maximum absolute atomic E-state index is 12.7. The smallest absolute Gasteiger partial charge is 0.323 e. The van der Waals surface area contributed by atoms with Crippen molar-refractivity contribution in [1.29, 1.82) is 0 Å². The molecule has 0 saturated heterocycles. The number of hydrogen-bond donors (Lipinski definition) is 1. The summed E-state index contributed by atoms with van der Waals surface area (Å²) in [7, 11) is 0. The minimum Gasteiger partial charge on any atom is -0.480 e. The Kier molecular flexibility index (Phi) is 3.56. The van der Waals surface area contributed by atoms with E-state index in [1.807, 2.05) is 31.2 Å². The van der Waals surface area contributed by atoms with Crippen LogP contribution in [0.15, 0.2) is 24.3 Å². The first-order valence-corrected chi connectivity index (χ1v) is 7.36. The molecule has 5 heteroatoms. The first-order chi connectivity index (χ1) is 10.5. The minimum atomic E-state index is -0.984. The van der Waals surface area contributed by atoms with Crippen molar-refractivity contribution in [2.24, 2.45) is 0 Å². The van der Waals surface area contributed by atoms with Gasteiger partial charge >= 0.3 is 5.97 Å². The highest BCUT2D eigenvalue weighted by atomic mass is 16.4. The number of pyridine rings is 1. The number of aryl methyl sites for hydroxylation is 2. The van der Waals surface area contributed by atoms with Gasteiger partial charge in [0.05, 0.1) is 16.8 Å². The molecule has 0 aliphatic heterocycles. The second kappa shape index (κ2) is 5.40. The van der Waals surface area contributed by atoms with Crippen LogP contribution in [0.2, 0.25) is 0 Å². The molecule has 1 aliphatic carbocycles. The Labute approximate surface area is 128 Å². The maximum atomic E-state index is 12.7. The Bertz CT molecular complexity index is 766. The van der Waals surface area contributed by atoms with E-state index in [1.165, 1.54) is 4.90 Å². The molecule has 1 aliphatic rings. The van der Waals surface area contributed by atoms with E-state index in [1.54, 1.807) is 6.92 Å². The van der Waals surface area contributed by atoms with Crippen LogP contribution in [0, 0.1) is 13.8 Å². The largest absolute Gasteiger partial charge is 0.480 e. The van der Waals surface area contributed by atoms with Gasteiger partial charge in [0.1, 0.15) is 6.54 Å². The minimum absolute atomic E-state index is 0.0520. The summed E-state index contributed by atoms with van der Waals surface area (Å²) in [6.07, 6.45) is 1.75. The highest BCUT2D eigenvalue weighted by Crippen LogP contribution is 2.29. The van der Waals surface area contributed by atoms with Crippen molar-refractivity contribution in [3.05, 3.63) is 41.1 Å². The zero-order valence-corrected chi connectivity index (χ0v) is 12.7. The van der Waals surface area contributed by atoms with Gasteiger partial charge in [-0.3, -0.25) is 14.6 Å². The summed E-state index contributed by atoms with van der Waals surface area (Å²) >= 11 is 0. The Morgan fingerprint density at radius 1 is 1.27 bits per heavy atom. The van der Waals surface area contributed by atoms with Crippen LogP contribution >= 0.6 is 0 Å². The standard InChI is InChI=1S/C17H18N2O3/c1-10-3-6-15-12(7-10)8-14(11(2)18-15)17(22)19(9-16(20)21)13-4-5-13/h3,6-8,13H,4-5,9H2,1-2H3,(H,20,21). The van der Waals surface area contributed by atoms with E-state index in [0.717, 1.165) is 29.3 Å². The fourth-order valence-electron chi connectivity index (χ4n) is 2.66. The van der Waals surface area contributed by atoms with Crippen LogP contribution in [0.25, 0.3) is 10.9 Å². The van der Waals surface area contributed by atoms with Crippen molar-refractivity contribution < 1.29 is 14.7 Å². The van der Waals surface area contributed by atoms with Gasteiger partial charge in [0.25, 0.3) is 5.91 Å². The molecule has 0 atom stereocenters. The molecule has 1 aromatic heterocycles. The van der Waals surface area contributed by atoms with Crippen molar-refractivity contribution >= 4 is 22.8 Å². The Morgan fingerprint density at radius 2 is 2.00 bits per heavy atom. The van der Waals surface area contributed by atoms with Gasteiger partial charge in [0.15, 0.2) is 0 Å². The predicted molar refractivity (Wildman–Crippen MR) is 82.9 cm³/mol. The average Bonchev–Trinajstić information content (AvgIpc) is 3.28. The molecule has 0 bridgehead atoms. The quantitative estimate of drug-likeness (QED) is 0.941. The number of aromatic nitrogens is 1. The number of carboxylic acids is 1. The second-order valence-corrected chi connectivity index (χ2v) is 5.88. The fourth-order valence-corrected chi connectivity index (χ4v) is 2.66. The third-order valence-electron chi connectivity index (χ3n) is 3.95. The topological polar surface area (TPSA) is 70.5 Å². The molecular weight excluding hydrogens is 280 g/mol. The van der Waals surface area contributed by atoms with Crippen LogP contribution in [0.5, 0.6) is 0 Å². The number of carbonyl (C=O) groups is 2. The normalized spacial score (nSPS) is 14.1. The molecule has 114 valence electrons. The highest BCUT2D eigenvalue weighted by Gasteiger charge is 2.35. The predicted octanol–water partition coefficient (Wildman–Crippen LogP) is 2.54. The van der Waals surface area contributed by atoms with Crippen molar-refractivity contribution in [2.45, 2.75) is 32.7 Å². The van der Waals surface area contributed by atoms with E-state index in [9.17, 15) is 9.59 Å². The third kappa shape index (κ3) is 2.79. The second-order valence-electron chi connectivity index (χ2n) is 5.88. The molecule has 1 heterocycles. The highest BCUT2D eigenvalue weighted by molar-refractivity contribution is 6.00. The van der Waals surface area contributed by atoms with Crippen molar-refractivity contribution in [1.82, 2.24) is 9.88 Å². The number of aliphatic carboxylic acids is 1. The summed E-state index contributed by atoms with van der Waals surface area (Å²) in [4.78, 5) is 29.7. The van der Waals surface area contributed by atoms with Gasteiger partial charge in [0.2, 0.25) is 0 Å². The lowest BCUT2D eigenvalue weighted by Gasteiger charge is -2.21. The van der Waals surface area contributed by atoms with Gasteiger partial charge in [-0.05, 0) is 44.9 Å². The van der Waals surface area contributed by atoms with Gasteiger partial charge < -0.3 is 10.0 Å². The SMILES string of the molecule is Cc1ccc2nc(C)c(C(=O)N(CC(=O)O)C3CC3)cc2c1. The van der Waals surface area contributed by atoms with Crippen molar-refractivity contribution in [3.63, 3.8) is 0 Å². The van der Waals surface area contributed by atoms with Gasteiger partial charge in [0, 0.05) is 11.4 Å². The lowest BCUT2D eigenvalue weighted by atomic mass is 10.1. The fraction of sp³-hybridized carbons (Fsp3) is 0.353. The van der Waals surface area contributed by atoms with Crippen LogP contribution in [0.1, 0.15) is 34.5 Å². The van der Waals surface area contributed by atoms with Gasteiger partial charge in [-0.1, -0.05) is 11.6 Å². The molecule has 1 fully saturated rings. The number of benzene rings is 1.